The smallest absolute Gasteiger partial charge is 0.253 e. The van der Waals surface area contributed by atoms with Crippen LogP contribution in [0.25, 0.3) is 0 Å². The van der Waals surface area contributed by atoms with Crippen molar-refractivity contribution in [2.24, 2.45) is 0 Å². The second kappa shape index (κ2) is 10.0. The second-order valence-corrected chi connectivity index (χ2v) is 6.88. The Bertz CT molecular complexity index is 769. The Labute approximate surface area is 166 Å². The molecule has 1 heterocycles. The molecule has 1 N–H and O–H groups in total. The lowest BCUT2D eigenvalue weighted by molar-refractivity contribution is 0.0628. The molecule has 0 bridgehead atoms. The van der Waals surface area contributed by atoms with Crippen molar-refractivity contribution in [3.8, 4) is 0 Å². The summed E-state index contributed by atoms with van der Waals surface area (Å²) >= 11 is 0. The highest BCUT2D eigenvalue weighted by Crippen LogP contribution is 2.12. The van der Waals surface area contributed by atoms with Crippen LogP contribution in [-0.2, 0) is 11.3 Å². The number of carbonyl (C=O) groups is 2. The largest absolute Gasteiger partial charge is 0.383 e. The van der Waals surface area contributed by atoms with Crippen molar-refractivity contribution in [1.82, 2.24) is 15.1 Å². The van der Waals surface area contributed by atoms with Crippen LogP contribution in [0.4, 0.5) is 0 Å². The van der Waals surface area contributed by atoms with E-state index in [9.17, 15) is 9.59 Å². The summed E-state index contributed by atoms with van der Waals surface area (Å²) in [6, 6.07) is 17.2. The molecule has 28 heavy (non-hydrogen) atoms. The van der Waals surface area contributed by atoms with Crippen LogP contribution in [0.3, 0.4) is 0 Å². The van der Waals surface area contributed by atoms with Gasteiger partial charge in [0.2, 0.25) is 0 Å². The van der Waals surface area contributed by atoms with Gasteiger partial charge in [-0.05, 0) is 29.8 Å². The van der Waals surface area contributed by atoms with Gasteiger partial charge in [0, 0.05) is 57.5 Å². The number of piperazine rings is 1. The third kappa shape index (κ3) is 5.41. The maximum atomic E-state index is 12.7. The van der Waals surface area contributed by atoms with E-state index in [0.29, 0.717) is 37.4 Å². The zero-order valence-corrected chi connectivity index (χ0v) is 16.3. The Balaban J connectivity index is 1.50. The zero-order chi connectivity index (χ0) is 19.8. The van der Waals surface area contributed by atoms with Gasteiger partial charge in [-0.1, -0.05) is 30.3 Å². The van der Waals surface area contributed by atoms with Crippen molar-refractivity contribution in [3.05, 3.63) is 71.3 Å². The van der Waals surface area contributed by atoms with Crippen LogP contribution in [0.1, 0.15) is 26.3 Å². The molecule has 6 heteroatoms. The first-order chi connectivity index (χ1) is 13.7. The molecular weight excluding hydrogens is 354 g/mol. The quantitative estimate of drug-likeness (QED) is 0.746. The Morgan fingerprint density at radius 2 is 1.57 bits per heavy atom. The van der Waals surface area contributed by atoms with Gasteiger partial charge >= 0.3 is 0 Å². The van der Waals surface area contributed by atoms with E-state index in [0.717, 1.165) is 19.6 Å². The minimum Gasteiger partial charge on any atom is -0.383 e. The summed E-state index contributed by atoms with van der Waals surface area (Å²) in [5, 5.41) is 2.77. The lowest BCUT2D eigenvalue weighted by Gasteiger charge is -2.34. The van der Waals surface area contributed by atoms with E-state index < -0.39 is 0 Å². The number of hydrogen-bond acceptors (Lipinski definition) is 4. The average molecular weight is 381 g/mol. The molecule has 1 aliphatic rings. The van der Waals surface area contributed by atoms with Crippen LogP contribution in [0.2, 0.25) is 0 Å². The van der Waals surface area contributed by atoms with Gasteiger partial charge in [-0.2, -0.15) is 0 Å². The van der Waals surface area contributed by atoms with Crippen molar-refractivity contribution in [2.75, 3.05) is 46.4 Å². The summed E-state index contributed by atoms with van der Waals surface area (Å²) in [7, 11) is 1.59. The molecule has 148 valence electrons. The fourth-order valence-corrected chi connectivity index (χ4v) is 3.27. The Hall–Kier alpha value is -2.70. The van der Waals surface area contributed by atoms with E-state index in [1.807, 2.05) is 11.0 Å². The molecule has 2 amide bonds. The second-order valence-electron chi connectivity index (χ2n) is 6.88. The van der Waals surface area contributed by atoms with Gasteiger partial charge in [0.05, 0.1) is 6.61 Å². The van der Waals surface area contributed by atoms with Crippen molar-refractivity contribution in [1.29, 1.82) is 0 Å². The van der Waals surface area contributed by atoms with Crippen LogP contribution < -0.4 is 5.32 Å². The third-order valence-corrected chi connectivity index (χ3v) is 4.89. The molecule has 0 atom stereocenters. The molecule has 0 unspecified atom stereocenters. The fourth-order valence-electron chi connectivity index (χ4n) is 3.27. The molecule has 0 saturated carbocycles. The highest BCUT2D eigenvalue weighted by atomic mass is 16.5. The first-order valence-electron chi connectivity index (χ1n) is 9.60. The summed E-state index contributed by atoms with van der Waals surface area (Å²) in [5.74, 6) is -0.142. The number of ether oxygens (including phenoxy) is 1. The highest BCUT2D eigenvalue weighted by molar-refractivity contribution is 5.97. The minimum absolute atomic E-state index is 0.0192. The topological polar surface area (TPSA) is 61.9 Å². The molecular formula is C22H27N3O3. The molecule has 0 aliphatic carbocycles. The Morgan fingerprint density at radius 1 is 0.929 bits per heavy atom. The van der Waals surface area contributed by atoms with E-state index in [4.69, 9.17) is 4.74 Å². The normalized spacial score (nSPS) is 14.7. The SMILES string of the molecule is COCCNC(=O)c1ccc(C(=O)N2CCN(Cc3ccccc3)CC2)cc1. The molecule has 1 saturated heterocycles. The molecule has 2 aromatic carbocycles. The van der Waals surface area contributed by atoms with E-state index in [1.165, 1.54) is 5.56 Å². The zero-order valence-electron chi connectivity index (χ0n) is 16.3. The van der Waals surface area contributed by atoms with Gasteiger partial charge in [-0.25, -0.2) is 0 Å². The van der Waals surface area contributed by atoms with Crippen LogP contribution in [0.5, 0.6) is 0 Å². The number of nitrogens with one attached hydrogen (secondary N) is 1. The number of amides is 2. The summed E-state index contributed by atoms with van der Waals surface area (Å²) in [4.78, 5) is 29.0. The molecule has 1 fully saturated rings. The van der Waals surface area contributed by atoms with Crippen LogP contribution in [0, 0.1) is 0 Å². The van der Waals surface area contributed by atoms with Crippen molar-refractivity contribution >= 4 is 11.8 Å². The van der Waals surface area contributed by atoms with Crippen molar-refractivity contribution in [2.45, 2.75) is 6.54 Å². The minimum atomic E-state index is -0.162. The van der Waals surface area contributed by atoms with Gasteiger partial charge < -0.3 is 15.0 Å². The van der Waals surface area contributed by atoms with Gasteiger partial charge in [0.15, 0.2) is 0 Å². The number of methoxy groups -OCH3 is 1. The number of rotatable bonds is 7. The highest BCUT2D eigenvalue weighted by Gasteiger charge is 2.22. The molecule has 6 nitrogen and oxygen atoms in total. The molecule has 0 radical (unpaired) electrons. The number of benzene rings is 2. The van der Waals surface area contributed by atoms with Crippen LogP contribution in [0.15, 0.2) is 54.6 Å². The van der Waals surface area contributed by atoms with Gasteiger partial charge in [-0.3, -0.25) is 14.5 Å². The van der Waals surface area contributed by atoms with E-state index >= 15 is 0 Å². The molecule has 0 spiro atoms. The molecule has 0 aromatic heterocycles. The predicted octanol–water partition coefficient (Wildman–Crippen LogP) is 2.02. The van der Waals surface area contributed by atoms with Crippen LogP contribution >= 0.6 is 0 Å². The van der Waals surface area contributed by atoms with Gasteiger partial charge in [-0.15, -0.1) is 0 Å². The number of nitrogens with zero attached hydrogens (tertiary/aromatic N) is 2. The number of hydrogen-bond donors (Lipinski definition) is 1. The number of carbonyl (C=O) groups excluding carboxylic acids is 2. The predicted molar refractivity (Wildman–Crippen MR) is 108 cm³/mol. The lowest BCUT2D eigenvalue weighted by atomic mass is 10.1. The first-order valence-corrected chi connectivity index (χ1v) is 9.60. The molecule has 3 rings (SSSR count). The third-order valence-electron chi connectivity index (χ3n) is 4.89. The van der Waals surface area contributed by atoms with Crippen molar-refractivity contribution < 1.29 is 14.3 Å². The Morgan fingerprint density at radius 3 is 2.21 bits per heavy atom. The van der Waals surface area contributed by atoms with E-state index in [-0.39, 0.29) is 11.8 Å². The molecule has 1 aliphatic heterocycles. The summed E-state index contributed by atoms with van der Waals surface area (Å²) in [6.07, 6.45) is 0. The summed E-state index contributed by atoms with van der Waals surface area (Å²) < 4.78 is 4.92. The Kier molecular flexibility index (Phi) is 7.17. The fraction of sp³-hybridized carbons (Fsp3) is 0.364. The summed E-state index contributed by atoms with van der Waals surface area (Å²) in [6.45, 7) is 4.99. The van der Waals surface area contributed by atoms with E-state index in [1.54, 1.807) is 31.4 Å². The monoisotopic (exact) mass is 381 g/mol. The van der Waals surface area contributed by atoms with Gasteiger partial charge in [0.25, 0.3) is 11.8 Å². The van der Waals surface area contributed by atoms with E-state index in [2.05, 4.69) is 34.5 Å². The lowest BCUT2D eigenvalue weighted by Crippen LogP contribution is -2.48. The van der Waals surface area contributed by atoms with Gasteiger partial charge in [0.1, 0.15) is 0 Å². The summed E-state index contributed by atoms with van der Waals surface area (Å²) in [5.41, 5.74) is 2.45. The maximum absolute atomic E-state index is 12.7. The average Bonchev–Trinajstić information content (AvgIpc) is 2.75. The first kappa shape index (κ1) is 20.0. The van der Waals surface area contributed by atoms with Crippen molar-refractivity contribution in [3.63, 3.8) is 0 Å². The standard InChI is InChI=1S/C22H27N3O3/c1-28-16-11-23-21(26)19-7-9-20(10-8-19)22(27)25-14-12-24(13-15-25)17-18-5-3-2-4-6-18/h2-10H,11-17H2,1H3,(H,23,26). The van der Waals surface area contributed by atoms with Crippen LogP contribution in [-0.4, -0.2) is 68.1 Å². The maximum Gasteiger partial charge on any atom is 0.253 e. The molecule has 2 aromatic rings.